The molecule has 0 fully saturated rings. The molecule has 0 saturated heterocycles. The molecule has 4 heteroatoms. The van der Waals surface area contributed by atoms with E-state index in [0.717, 1.165) is 12.1 Å². The third-order valence-corrected chi connectivity index (χ3v) is 2.53. The van der Waals surface area contributed by atoms with E-state index in [-0.39, 0.29) is 6.61 Å². The molecule has 0 heterocycles. The van der Waals surface area contributed by atoms with Gasteiger partial charge in [0, 0.05) is 12.6 Å². The van der Waals surface area contributed by atoms with Crippen LogP contribution in [0.3, 0.4) is 0 Å². The van der Waals surface area contributed by atoms with Crippen molar-refractivity contribution >= 4 is 0 Å². The second kappa shape index (κ2) is 7.55. The molecule has 0 bridgehead atoms. The number of terminal acetylenes is 1. The number of hydrogen-bond donors (Lipinski definition) is 1. The van der Waals surface area contributed by atoms with Gasteiger partial charge in [-0.3, -0.25) is 0 Å². The van der Waals surface area contributed by atoms with Crippen LogP contribution in [0.5, 0.6) is 17.2 Å². The standard InChI is InChI=1S/C15H21NO3/c1-6-7-19-15-13(17-4)8-12(9-14(15)18-5)10-16-11(2)3/h1,8-9,11,16H,7,10H2,2-5H3. The summed E-state index contributed by atoms with van der Waals surface area (Å²) >= 11 is 0. The second-order valence-electron chi connectivity index (χ2n) is 4.36. The molecule has 1 N–H and O–H groups in total. The molecule has 0 atom stereocenters. The lowest BCUT2D eigenvalue weighted by molar-refractivity contribution is 0.304. The SMILES string of the molecule is C#CCOc1c(OC)cc(CNC(C)C)cc1OC. The van der Waals surface area contributed by atoms with Crippen molar-refractivity contribution in [2.75, 3.05) is 20.8 Å². The van der Waals surface area contributed by atoms with Crippen LogP contribution >= 0.6 is 0 Å². The Balaban J connectivity index is 3.02. The third kappa shape index (κ3) is 4.38. The number of nitrogens with one attached hydrogen (secondary N) is 1. The summed E-state index contributed by atoms with van der Waals surface area (Å²) < 4.78 is 16.1. The van der Waals surface area contributed by atoms with E-state index < -0.39 is 0 Å². The van der Waals surface area contributed by atoms with Crippen molar-refractivity contribution in [3.63, 3.8) is 0 Å². The number of rotatable bonds is 7. The van der Waals surface area contributed by atoms with Crippen LogP contribution in [0.1, 0.15) is 19.4 Å². The maximum absolute atomic E-state index is 5.47. The Morgan fingerprint density at radius 1 is 1.21 bits per heavy atom. The molecule has 0 radical (unpaired) electrons. The maximum Gasteiger partial charge on any atom is 0.204 e. The van der Waals surface area contributed by atoms with Crippen LogP contribution in [0.25, 0.3) is 0 Å². The first kappa shape index (κ1) is 15.2. The Morgan fingerprint density at radius 3 is 2.21 bits per heavy atom. The zero-order chi connectivity index (χ0) is 14.3. The van der Waals surface area contributed by atoms with E-state index in [1.807, 2.05) is 12.1 Å². The summed E-state index contributed by atoms with van der Waals surface area (Å²) in [6, 6.07) is 4.25. The van der Waals surface area contributed by atoms with Gasteiger partial charge >= 0.3 is 0 Å². The van der Waals surface area contributed by atoms with E-state index >= 15 is 0 Å². The molecule has 0 spiro atoms. The van der Waals surface area contributed by atoms with Gasteiger partial charge < -0.3 is 19.5 Å². The van der Waals surface area contributed by atoms with Crippen molar-refractivity contribution in [2.45, 2.75) is 26.4 Å². The Bertz CT molecular complexity index is 424. The van der Waals surface area contributed by atoms with Crippen LogP contribution in [0, 0.1) is 12.3 Å². The predicted octanol–water partition coefficient (Wildman–Crippen LogP) is 2.21. The van der Waals surface area contributed by atoms with Crippen LogP contribution in [-0.4, -0.2) is 26.9 Å². The van der Waals surface area contributed by atoms with E-state index in [1.54, 1.807) is 14.2 Å². The molecule has 0 aliphatic carbocycles. The number of methoxy groups -OCH3 is 2. The molecule has 104 valence electrons. The van der Waals surface area contributed by atoms with Gasteiger partial charge in [-0.05, 0) is 17.7 Å². The van der Waals surface area contributed by atoms with Gasteiger partial charge in [0.05, 0.1) is 14.2 Å². The molecule has 1 aromatic rings. The zero-order valence-corrected chi connectivity index (χ0v) is 11.9. The molecule has 0 aliphatic rings. The summed E-state index contributed by atoms with van der Waals surface area (Å²) in [5.74, 6) is 4.21. The Hall–Kier alpha value is -1.86. The first-order valence-corrected chi connectivity index (χ1v) is 6.16. The molecular weight excluding hydrogens is 242 g/mol. The fourth-order valence-corrected chi connectivity index (χ4v) is 1.61. The molecule has 0 aliphatic heterocycles. The molecule has 19 heavy (non-hydrogen) atoms. The van der Waals surface area contributed by atoms with Crippen LogP contribution in [0.15, 0.2) is 12.1 Å². The summed E-state index contributed by atoms with van der Waals surface area (Å²) in [7, 11) is 3.19. The first-order chi connectivity index (χ1) is 9.12. The lowest BCUT2D eigenvalue weighted by Crippen LogP contribution is -2.21. The summed E-state index contributed by atoms with van der Waals surface area (Å²) in [5.41, 5.74) is 1.07. The van der Waals surface area contributed by atoms with Crippen molar-refractivity contribution < 1.29 is 14.2 Å². The predicted molar refractivity (Wildman–Crippen MR) is 75.8 cm³/mol. The molecule has 4 nitrogen and oxygen atoms in total. The zero-order valence-electron chi connectivity index (χ0n) is 11.9. The second-order valence-corrected chi connectivity index (χ2v) is 4.36. The fraction of sp³-hybridized carbons (Fsp3) is 0.467. The minimum atomic E-state index is 0.177. The average Bonchev–Trinajstić information content (AvgIpc) is 2.42. The van der Waals surface area contributed by atoms with Crippen LogP contribution < -0.4 is 19.5 Å². The van der Waals surface area contributed by atoms with Crippen molar-refractivity contribution in [3.05, 3.63) is 17.7 Å². The van der Waals surface area contributed by atoms with E-state index in [2.05, 4.69) is 25.1 Å². The molecule has 1 aromatic carbocycles. The van der Waals surface area contributed by atoms with Gasteiger partial charge in [0.25, 0.3) is 0 Å². The number of ether oxygens (including phenoxy) is 3. The third-order valence-electron chi connectivity index (χ3n) is 2.53. The van der Waals surface area contributed by atoms with Gasteiger partial charge in [-0.1, -0.05) is 19.8 Å². The fourth-order valence-electron chi connectivity index (χ4n) is 1.61. The highest BCUT2D eigenvalue weighted by molar-refractivity contribution is 5.54. The summed E-state index contributed by atoms with van der Waals surface area (Å²) in [6.07, 6.45) is 5.20. The highest BCUT2D eigenvalue weighted by atomic mass is 16.5. The van der Waals surface area contributed by atoms with Gasteiger partial charge in [0.15, 0.2) is 11.5 Å². The van der Waals surface area contributed by atoms with Crippen molar-refractivity contribution in [1.82, 2.24) is 5.32 Å². The lowest BCUT2D eigenvalue weighted by Gasteiger charge is -2.16. The molecule has 0 unspecified atom stereocenters. The monoisotopic (exact) mass is 263 g/mol. The van der Waals surface area contributed by atoms with E-state index in [4.69, 9.17) is 20.6 Å². The van der Waals surface area contributed by atoms with Crippen LogP contribution in [0.4, 0.5) is 0 Å². The lowest BCUT2D eigenvalue weighted by atomic mass is 10.1. The minimum absolute atomic E-state index is 0.177. The molecule has 1 rings (SSSR count). The molecule has 0 amide bonds. The Morgan fingerprint density at radius 2 is 1.79 bits per heavy atom. The summed E-state index contributed by atoms with van der Waals surface area (Å²) in [6.45, 7) is 5.11. The number of benzene rings is 1. The summed E-state index contributed by atoms with van der Waals surface area (Å²) in [4.78, 5) is 0. The van der Waals surface area contributed by atoms with E-state index in [0.29, 0.717) is 23.3 Å². The Labute approximate surface area is 115 Å². The van der Waals surface area contributed by atoms with Crippen molar-refractivity contribution in [1.29, 1.82) is 0 Å². The van der Waals surface area contributed by atoms with E-state index in [1.165, 1.54) is 0 Å². The summed E-state index contributed by atoms with van der Waals surface area (Å²) in [5, 5.41) is 3.34. The maximum atomic E-state index is 5.47. The van der Waals surface area contributed by atoms with Crippen molar-refractivity contribution in [2.24, 2.45) is 0 Å². The topological polar surface area (TPSA) is 39.7 Å². The molecule has 0 aromatic heterocycles. The smallest absolute Gasteiger partial charge is 0.204 e. The Kier molecular flexibility index (Phi) is 6.04. The van der Waals surface area contributed by atoms with Crippen LogP contribution in [0.2, 0.25) is 0 Å². The van der Waals surface area contributed by atoms with Gasteiger partial charge in [0.1, 0.15) is 6.61 Å². The van der Waals surface area contributed by atoms with Crippen LogP contribution in [-0.2, 0) is 6.54 Å². The van der Waals surface area contributed by atoms with Crippen molar-refractivity contribution in [3.8, 4) is 29.6 Å². The van der Waals surface area contributed by atoms with Gasteiger partial charge in [-0.25, -0.2) is 0 Å². The normalized spacial score (nSPS) is 10.1. The quantitative estimate of drug-likeness (QED) is 0.766. The molecule has 0 saturated carbocycles. The van der Waals surface area contributed by atoms with Gasteiger partial charge in [-0.2, -0.15) is 0 Å². The van der Waals surface area contributed by atoms with Gasteiger partial charge in [-0.15, -0.1) is 6.42 Å². The number of hydrogen-bond acceptors (Lipinski definition) is 4. The van der Waals surface area contributed by atoms with E-state index in [9.17, 15) is 0 Å². The highest BCUT2D eigenvalue weighted by Crippen LogP contribution is 2.38. The first-order valence-electron chi connectivity index (χ1n) is 6.16. The average molecular weight is 263 g/mol. The minimum Gasteiger partial charge on any atom is -0.493 e. The largest absolute Gasteiger partial charge is 0.493 e. The molecular formula is C15H21NO3. The van der Waals surface area contributed by atoms with Gasteiger partial charge in [0.2, 0.25) is 5.75 Å². The highest BCUT2D eigenvalue weighted by Gasteiger charge is 2.14.